The van der Waals surface area contributed by atoms with Crippen molar-refractivity contribution in [3.63, 3.8) is 0 Å². The highest BCUT2D eigenvalue weighted by molar-refractivity contribution is 7.99. The number of carbonyl (C=O) groups excluding carboxylic acids is 1. The first-order valence-electron chi connectivity index (χ1n) is 10.0. The van der Waals surface area contributed by atoms with Crippen LogP contribution in [0.1, 0.15) is 50.0 Å². The Morgan fingerprint density at radius 2 is 1.69 bits per heavy atom. The van der Waals surface area contributed by atoms with Crippen LogP contribution in [0.2, 0.25) is 0 Å². The van der Waals surface area contributed by atoms with Crippen molar-refractivity contribution in [2.75, 3.05) is 12.4 Å². The van der Waals surface area contributed by atoms with Crippen LogP contribution in [0.25, 0.3) is 0 Å². The van der Waals surface area contributed by atoms with Crippen LogP contribution in [0.4, 0.5) is 18.9 Å². The number of benzene rings is 2. The van der Waals surface area contributed by atoms with Crippen molar-refractivity contribution in [2.45, 2.75) is 61.4 Å². The summed E-state index contributed by atoms with van der Waals surface area (Å²) in [5.74, 6) is -0.765. The molecule has 0 aliphatic carbocycles. The topological polar surface area (TPSA) is 66.5 Å². The van der Waals surface area contributed by atoms with Gasteiger partial charge in [0.1, 0.15) is 0 Å². The minimum atomic E-state index is -4.64. The van der Waals surface area contributed by atoms with Gasteiger partial charge in [0.2, 0.25) is 10.0 Å². The van der Waals surface area contributed by atoms with Gasteiger partial charge >= 0.3 is 6.18 Å². The minimum absolute atomic E-state index is 0.00680. The van der Waals surface area contributed by atoms with E-state index < -0.39 is 27.7 Å². The summed E-state index contributed by atoms with van der Waals surface area (Å²) in [6.07, 6.45) is -3.84. The Kier molecular flexibility index (Phi) is 8.41. The number of nitrogens with one attached hydrogen (secondary N) is 1. The molecule has 2 rings (SSSR count). The molecule has 0 aliphatic rings. The number of hydrogen-bond donors (Lipinski definition) is 1. The summed E-state index contributed by atoms with van der Waals surface area (Å²) >= 11 is 1.33. The molecule has 0 fully saturated rings. The number of amides is 1. The quantitative estimate of drug-likeness (QED) is 0.472. The molecule has 0 saturated carbocycles. The highest BCUT2D eigenvalue weighted by Crippen LogP contribution is 2.38. The molecule has 0 aromatic heterocycles. The van der Waals surface area contributed by atoms with Gasteiger partial charge in [-0.1, -0.05) is 13.8 Å². The molecule has 0 aliphatic heterocycles. The molecular formula is C22H27F3N2O3S2. The van der Waals surface area contributed by atoms with E-state index >= 15 is 0 Å². The maximum atomic E-state index is 13.6. The number of anilines is 1. The van der Waals surface area contributed by atoms with E-state index in [9.17, 15) is 26.4 Å². The molecular weight excluding hydrogens is 461 g/mol. The van der Waals surface area contributed by atoms with Crippen LogP contribution in [0.3, 0.4) is 0 Å². The van der Waals surface area contributed by atoms with Gasteiger partial charge < -0.3 is 5.32 Å². The number of alkyl halides is 3. The number of thioether (sulfide) groups is 1. The number of carbonyl (C=O) groups is 1. The third-order valence-corrected chi connectivity index (χ3v) is 8.29. The van der Waals surface area contributed by atoms with Crippen molar-refractivity contribution in [1.29, 1.82) is 0 Å². The van der Waals surface area contributed by atoms with Gasteiger partial charge in [-0.3, -0.25) is 4.79 Å². The highest BCUT2D eigenvalue weighted by atomic mass is 32.2. The normalized spacial score (nSPS) is 13.4. The first-order valence-corrected chi connectivity index (χ1v) is 12.4. The molecule has 5 nitrogen and oxygen atoms in total. The summed E-state index contributed by atoms with van der Waals surface area (Å²) in [6, 6.07) is 8.63. The lowest BCUT2D eigenvalue weighted by molar-refractivity contribution is -0.137. The number of halogens is 3. The van der Waals surface area contributed by atoms with Crippen LogP contribution in [0, 0.1) is 0 Å². The highest BCUT2D eigenvalue weighted by Gasteiger charge is 2.34. The Morgan fingerprint density at radius 3 is 2.19 bits per heavy atom. The molecule has 1 unspecified atom stereocenters. The second-order valence-corrected chi connectivity index (χ2v) is 11.1. The monoisotopic (exact) mass is 488 g/mol. The zero-order valence-electron chi connectivity index (χ0n) is 18.5. The van der Waals surface area contributed by atoms with Crippen LogP contribution in [-0.4, -0.2) is 37.0 Å². The van der Waals surface area contributed by atoms with Crippen molar-refractivity contribution in [1.82, 2.24) is 4.31 Å². The van der Waals surface area contributed by atoms with Gasteiger partial charge in [0.15, 0.2) is 0 Å². The van der Waals surface area contributed by atoms with Crippen molar-refractivity contribution in [2.24, 2.45) is 0 Å². The summed E-state index contributed by atoms with van der Waals surface area (Å²) in [7, 11) is -2.29. The Hall–Kier alpha value is -2.04. The summed E-state index contributed by atoms with van der Waals surface area (Å²) in [6.45, 7) is 7.33. The maximum absolute atomic E-state index is 13.6. The van der Waals surface area contributed by atoms with Crippen LogP contribution >= 0.6 is 11.8 Å². The molecule has 2 aromatic carbocycles. The molecule has 1 amide bonds. The van der Waals surface area contributed by atoms with Crippen LogP contribution in [0.5, 0.6) is 0 Å². The van der Waals surface area contributed by atoms with Gasteiger partial charge in [-0.05, 0) is 62.7 Å². The van der Waals surface area contributed by atoms with Crippen molar-refractivity contribution in [3.8, 4) is 0 Å². The smallest absolute Gasteiger partial charge is 0.321 e. The van der Waals surface area contributed by atoms with Crippen LogP contribution in [0.15, 0.2) is 52.3 Å². The van der Waals surface area contributed by atoms with Crippen LogP contribution in [-0.2, 0) is 16.2 Å². The van der Waals surface area contributed by atoms with Crippen molar-refractivity contribution < 1.29 is 26.4 Å². The molecule has 1 N–H and O–H groups in total. The molecule has 0 spiro atoms. The molecule has 2 aromatic rings. The third kappa shape index (κ3) is 6.26. The molecule has 1 atom stereocenters. The Morgan fingerprint density at radius 1 is 1.09 bits per heavy atom. The first kappa shape index (κ1) is 26.2. The first-order chi connectivity index (χ1) is 14.8. The summed E-state index contributed by atoms with van der Waals surface area (Å²) < 4.78 is 67.0. The minimum Gasteiger partial charge on any atom is -0.321 e. The summed E-state index contributed by atoms with van der Waals surface area (Å²) in [5.41, 5.74) is -1.24. The molecule has 0 bridgehead atoms. The lowest BCUT2D eigenvalue weighted by Gasteiger charge is -2.21. The molecule has 176 valence electrons. The van der Waals surface area contributed by atoms with Gasteiger partial charge in [0.05, 0.1) is 16.1 Å². The summed E-state index contributed by atoms with van der Waals surface area (Å²) in [5, 5.41) is 2.45. The lowest BCUT2D eigenvalue weighted by Crippen LogP contribution is -2.33. The van der Waals surface area contributed by atoms with E-state index in [1.54, 1.807) is 19.9 Å². The van der Waals surface area contributed by atoms with Gasteiger partial charge in [0, 0.05) is 28.8 Å². The second kappa shape index (κ2) is 10.3. The zero-order chi connectivity index (χ0) is 24.3. The fraction of sp³-hybridized carbons (Fsp3) is 0.409. The zero-order valence-corrected chi connectivity index (χ0v) is 20.2. The van der Waals surface area contributed by atoms with E-state index in [0.717, 1.165) is 12.5 Å². The number of hydrogen-bond acceptors (Lipinski definition) is 4. The molecule has 10 heteroatoms. The van der Waals surface area contributed by atoms with Crippen molar-refractivity contribution in [3.05, 3.63) is 53.6 Å². The Balaban J connectivity index is 2.29. The van der Waals surface area contributed by atoms with E-state index in [4.69, 9.17) is 0 Å². The SMILES string of the molecule is CCC(C)Sc1ccc(NC(=O)c2ccc(S(=O)(=O)N(C)C(C)C)cc2)c(C(F)(F)F)c1. The predicted octanol–water partition coefficient (Wildman–Crippen LogP) is 5.88. The Bertz CT molecular complexity index is 1050. The van der Waals surface area contributed by atoms with E-state index in [0.29, 0.717) is 4.90 Å². The number of nitrogens with zero attached hydrogens (tertiary/aromatic N) is 1. The maximum Gasteiger partial charge on any atom is 0.418 e. The summed E-state index contributed by atoms with van der Waals surface area (Å²) in [4.78, 5) is 13.0. The van der Waals surface area contributed by atoms with E-state index in [1.165, 1.54) is 53.4 Å². The fourth-order valence-electron chi connectivity index (χ4n) is 2.67. The van der Waals surface area contributed by atoms with Crippen molar-refractivity contribution >= 4 is 33.4 Å². The lowest BCUT2D eigenvalue weighted by atomic mass is 10.1. The van der Waals surface area contributed by atoms with E-state index in [2.05, 4.69) is 5.32 Å². The second-order valence-electron chi connectivity index (χ2n) is 7.64. The van der Waals surface area contributed by atoms with E-state index in [1.807, 2.05) is 13.8 Å². The van der Waals surface area contributed by atoms with E-state index in [-0.39, 0.29) is 27.4 Å². The van der Waals surface area contributed by atoms with Gasteiger partial charge in [0.25, 0.3) is 5.91 Å². The van der Waals surface area contributed by atoms with Gasteiger partial charge in [-0.2, -0.15) is 17.5 Å². The van der Waals surface area contributed by atoms with Gasteiger partial charge in [-0.15, -0.1) is 11.8 Å². The Labute approximate surface area is 191 Å². The molecule has 32 heavy (non-hydrogen) atoms. The third-order valence-electron chi connectivity index (χ3n) is 4.98. The largest absolute Gasteiger partial charge is 0.418 e. The fourth-order valence-corrected chi connectivity index (χ4v) is 5.00. The molecule has 0 heterocycles. The average Bonchev–Trinajstić information content (AvgIpc) is 2.73. The standard InChI is InChI=1S/C22H27F3N2O3S2/c1-6-15(4)31-17-9-12-20(19(13-17)22(23,24)25)26-21(28)16-7-10-18(11-8-16)32(29,30)27(5)14(2)3/h7-15H,6H2,1-5H3,(H,26,28). The van der Waals surface area contributed by atoms with Gasteiger partial charge in [-0.25, -0.2) is 8.42 Å². The number of sulfonamides is 1. The molecule has 0 radical (unpaired) electrons. The average molecular weight is 489 g/mol. The predicted molar refractivity (Wildman–Crippen MR) is 122 cm³/mol. The van der Waals surface area contributed by atoms with Crippen LogP contribution < -0.4 is 5.32 Å². The molecule has 0 saturated heterocycles. The number of rotatable bonds is 8.